The molecule has 9 heteroatoms. The topological polar surface area (TPSA) is 99.5 Å². The molecule has 4 rings (SSSR count). The largest absolute Gasteiger partial charge is 0.490 e. The molecule has 2 amide bonds. The molecule has 0 saturated carbocycles. The SMILES string of the molecule is CO[C@H]1c2cc(N3CCCC3=O)ccc2O[C@@H](C(CC(=O)N(CCO)Cc2ccccc2)[Si](C)(C)O)[C@@H]1C. The van der Waals surface area contributed by atoms with Crippen LogP contribution in [0.5, 0.6) is 5.75 Å². The summed E-state index contributed by atoms with van der Waals surface area (Å²) in [7, 11) is -1.23. The zero-order valence-electron chi connectivity index (χ0n) is 22.8. The quantitative estimate of drug-likeness (QED) is 0.444. The van der Waals surface area contributed by atoms with E-state index in [1.807, 2.05) is 68.5 Å². The first-order chi connectivity index (χ1) is 18.1. The lowest BCUT2D eigenvalue weighted by molar-refractivity contribution is -0.133. The van der Waals surface area contributed by atoms with E-state index >= 15 is 0 Å². The summed E-state index contributed by atoms with van der Waals surface area (Å²) in [5.41, 5.74) is 2.30. The Morgan fingerprint density at radius 2 is 1.97 bits per heavy atom. The number of fused-ring (bicyclic) bond motifs is 1. The summed E-state index contributed by atoms with van der Waals surface area (Å²) in [6.07, 6.45) is 0.776. The van der Waals surface area contributed by atoms with Crippen LogP contribution in [0.1, 0.15) is 43.4 Å². The predicted molar refractivity (Wildman–Crippen MR) is 148 cm³/mol. The number of carbonyl (C=O) groups excluding carboxylic acids is 2. The Kier molecular flexibility index (Phi) is 8.92. The summed E-state index contributed by atoms with van der Waals surface area (Å²) in [4.78, 5) is 40.7. The minimum atomic E-state index is -2.89. The number of aliphatic hydroxyl groups is 1. The summed E-state index contributed by atoms with van der Waals surface area (Å²) in [6, 6.07) is 15.4. The van der Waals surface area contributed by atoms with Gasteiger partial charge in [-0.15, -0.1) is 0 Å². The molecule has 2 aromatic rings. The Morgan fingerprint density at radius 3 is 2.58 bits per heavy atom. The van der Waals surface area contributed by atoms with Crippen LogP contribution in [-0.4, -0.2) is 67.8 Å². The molecule has 1 unspecified atom stereocenters. The van der Waals surface area contributed by atoms with Crippen LogP contribution in [0.25, 0.3) is 0 Å². The maximum Gasteiger partial charge on any atom is 0.227 e. The van der Waals surface area contributed by atoms with Crippen molar-refractivity contribution in [2.75, 3.05) is 31.7 Å². The molecule has 0 bridgehead atoms. The average molecular weight is 541 g/mol. The molecule has 0 aromatic heterocycles. The molecular formula is C29H40N2O6Si. The molecule has 2 heterocycles. The number of carbonyl (C=O) groups is 2. The van der Waals surface area contributed by atoms with Crippen molar-refractivity contribution < 1.29 is 29.0 Å². The molecule has 2 aliphatic heterocycles. The molecule has 38 heavy (non-hydrogen) atoms. The fraction of sp³-hybridized carbons (Fsp3) is 0.517. The second kappa shape index (κ2) is 12.0. The highest BCUT2D eigenvalue weighted by Gasteiger charge is 2.47. The number of hydrogen-bond donors (Lipinski definition) is 2. The number of ether oxygens (including phenoxy) is 2. The molecule has 4 atom stereocenters. The minimum Gasteiger partial charge on any atom is -0.490 e. The van der Waals surface area contributed by atoms with Gasteiger partial charge in [0.15, 0.2) is 8.32 Å². The molecule has 0 spiro atoms. The Balaban J connectivity index is 1.59. The Hall–Kier alpha value is -2.72. The molecule has 206 valence electrons. The van der Waals surface area contributed by atoms with E-state index in [2.05, 4.69) is 0 Å². The van der Waals surface area contributed by atoms with Gasteiger partial charge in [-0.25, -0.2) is 0 Å². The van der Waals surface area contributed by atoms with Crippen molar-refractivity contribution in [2.24, 2.45) is 5.92 Å². The van der Waals surface area contributed by atoms with Crippen molar-refractivity contribution in [3.05, 3.63) is 59.7 Å². The number of amides is 2. The lowest BCUT2D eigenvalue weighted by Gasteiger charge is -2.44. The van der Waals surface area contributed by atoms with E-state index < -0.39 is 20.0 Å². The van der Waals surface area contributed by atoms with Crippen molar-refractivity contribution in [3.8, 4) is 5.75 Å². The van der Waals surface area contributed by atoms with Crippen LogP contribution in [0.3, 0.4) is 0 Å². The van der Waals surface area contributed by atoms with Gasteiger partial charge in [-0.1, -0.05) is 37.3 Å². The van der Waals surface area contributed by atoms with Gasteiger partial charge >= 0.3 is 0 Å². The summed E-state index contributed by atoms with van der Waals surface area (Å²) >= 11 is 0. The standard InChI is InChI=1S/C29H40N2O6Si/c1-20-28(36-2)23-17-22(31-14-8-11-26(31)33)12-13-24(23)37-29(20)25(38(3,4)35)18-27(34)30(15-16-32)19-21-9-6-5-7-10-21/h5-7,9-10,12-13,17,20,25,28-29,32,35H,8,11,14-16,18-19H2,1-4H3/t20-,25?,28-,29-/m1/s1. The summed E-state index contributed by atoms with van der Waals surface area (Å²) in [6.45, 7) is 6.89. The third-order valence-corrected chi connectivity index (χ3v) is 10.2. The Morgan fingerprint density at radius 1 is 1.24 bits per heavy atom. The second-order valence-corrected chi connectivity index (χ2v) is 15.0. The second-order valence-electron chi connectivity index (χ2n) is 11.0. The van der Waals surface area contributed by atoms with Crippen LogP contribution in [0.4, 0.5) is 5.69 Å². The Labute approximate surface area is 226 Å². The highest BCUT2D eigenvalue weighted by molar-refractivity contribution is 6.71. The van der Waals surface area contributed by atoms with E-state index in [1.165, 1.54) is 0 Å². The van der Waals surface area contributed by atoms with Gasteiger partial charge in [0.25, 0.3) is 0 Å². The lowest BCUT2D eigenvalue weighted by atomic mass is 9.86. The molecule has 8 nitrogen and oxygen atoms in total. The van der Waals surface area contributed by atoms with Crippen LogP contribution in [0.15, 0.2) is 48.5 Å². The fourth-order valence-electron chi connectivity index (χ4n) is 5.76. The molecule has 1 saturated heterocycles. The number of aliphatic hydroxyl groups excluding tert-OH is 1. The van der Waals surface area contributed by atoms with Crippen molar-refractivity contribution >= 4 is 25.8 Å². The van der Waals surface area contributed by atoms with E-state index in [4.69, 9.17) is 9.47 Å². The zero-order valence-corrected chi connectivity index (χ0v) is 23.8. The van der Waals surface area contributed by atoms with Gasteiger partial charge < -0.3 is 29.2 Å². The number of benzene rings is 2. The summed E-state index contributed by atoms with van der Waals surface area (Å²) < 4.78 is 12.5. The van der Waals surface area contributed by atoms with E-state index in [0.29, 0.717) is 25.3 Å². The van der Waals surface area contributed by atoms with Gasteiger partial charge in [0, 0.05) is 62.3 Å². The maximum atomic E-state index is 13.6. The lowest BCUT2D eigenvalue weighted by Crippen LogP contribution is -2.50. The molecule has 2 aromatic carbocycles. The van der Waals surface area contributed by atoms with Crippen molar-refractivity contribution in [1.82, 2.24) is 4.90 Å². The first-order valence-corrected chi connectivity index (χ1v) is 16.4. The number of hydrogen-bond acceptors (Lipinski definition) is 6. The zero-order chi connectivity index (χ0) is 27.4. The number of anilines is 1. The van der Waals surface area contributed by atoms with Gasteiger partial charge in [-0.2, -0.15) is 0 Å². The smallest absolute Gasteiger partial charge is 0.227 e. The van der Waals surface area contributed by atoms with Crippen LogP contribution in [0.2, 0.25) is 18.6 Å². The molecule has 0 radical (unpaired) electrons. The normalized spacial score (nSPS) is 22.1. The number of methoxy groups -OCH3 is 1. The van der Waals surface area contributed by atoms with Gasteiger partial charge in [-0.05, 0) is 43.3 Å². The summed E-state index contributed by atoms with van der Waals surface area (Å²) in [5, 5.41) is 9.64. The Bertz CT molecular complexity index is 1120. The van der Waals surface area contributed by atoms with Gasteiger partial charge in [0.1, 0.15) is 11.9 Å². The molecule has 0 aliphatic carbocycles. The van der Waals surface area contributed by atoms with Gasteiger partial charge in [0.2, 0.25) is 11.8 Å². The maximum absolute atomic E-state index is 13.6. The van der Waals surface area contributed by atoms with E-state index in [0.717, 1.165) is 23.2 Å². The van der Waals surface area contributed by atoms with Gasteiger partial charge in [-0.3, -0.25) is 9.59 Å². The number of rotatable bonds is 10. The molecular weight excluding hydrogens is 500 g/mol. The minimum absolute atomic E-state index is 0.115. The van der Waals surface area contributed by atoms with Crippen molar-refractivity contribution in [3.63, 3.8) is 0 Å². The highest BCUT2D eigenvalue weighted by Crippen LogP contribution is 2.47. The fourth-order valence-corrected chi connectivity index (χ4v) is 7.61. The third-order valence-electron chi connectivity index (χ3n) is 7.84. The summed E-state index contributed by atoms with van der Waals surface area (Å²) in [5.74, 6) is 0.508. The van der Waals surface area contributed by atoms with Crippen LogP contribution < -0.4 is 9.64 Å². The average Bonchev–Trinajstić information content (AvgIpc) is 3.32. The molecule has 2 N–H and O–H groups in total. The van der Waals surface area contributed by atoms with Crippen LogP contribution >= 0.6 is 0 Å². The monoisotopic (exact) mass is 540 g/mol. The van der Waals surface area contributed by atoms with Crippen molar-refractivity contribution in [2.45, 2.75) is 63.6 Å². The van der Waals surface area contributed by atoms with E-state index in [9.17, 15) is 19.5 Å². The van der Waals surface area contributed by atoms with E-state index in [-0.39, 0.29) is 43.4 Å². The van der Waals surface area contributed by atoms with Gasteiger partial charge in [0.05, 0.1) is 12.7 Å². The molecule has 1 fully saturated rings. The van der Waals surface area contributed by atoms with Crippen molar-refractivity contribution in [1.29, 1.82) is 0 Å². The van der Waals surface area contributed by atoms with Crippen LogP contribution in [0, 0.1) is 5.92 Å². The number of nitrogens with zero attached hydrogens (tertiary/aromatic N) is 2. The first kappa shape index (κ1) is 28.3. The molecule has 2 aliphatic rings. The van der Waals surface area contributed by atoms with E-state index in [1.54, 1.807) is 16.9 Å². The predicted octanol–water partition coefficient (Wildman–Crippen LogP) is 3.88. The highest BCUT2D eigenvalue weighted by atomic mass is 28.4. The third kappa shape index (κ3) is 6.12. The van der Waals surface area contributed by atoms with Crippen LogP contribution in [-0.2, 0) is 20.9 Å². The first-order valence-electron chi connectivity index (χ1n) is 13.4.